The number of nitrogens with one attached hydrogen (secondary N) is 1. The molecule has 96 valence electrons. The molecule has 0 amide bonds. The molecular weight excluding hydrogens is 242 g/mol. The molecule has 0 atom stereocenters. The summed E-state index contributed by atoms with van der Waals surface area (Å²) < 4.78 is 34.8. The summed E-state index contributed by atoms with van der Waals surface area (Å²) in [5, 5.41) is 3.08. The van der Waals surface area contributed by atoms with Gasteiger partial charge in [0.2, 0.25) is 0 Å². The number of methoxy groups -OCH3 is 1. The Morgan fingerprint density at radius 1 is 1.41 bits per heavy atom. The molecular formula is C11H17NO4S. The minimum Gasteiger partial charge on any atom is -0.495 e. The first-order valence-electron chi connectivity index (χ1n) is 5.26. The van der Waals surface area contributed by atoms with Gasteiger partial charge >= 0.3 is 0 Å². The van der Waals surface area contributed by atoms with Gasteiger partial charge in [0.15, 0.2) is 0 Å². The molecule has 0 unspecified atom stereocenters. The van der Waals surface area contributed by atoms with E-state index in [-0.39, 0.29) is 5.75 Å². The molecule has 17 heavy (non-hydrogen) atoms. The van der Waals surface area contributed by atoms with Crippen molar-refractivity contribution in [3.63, 3.8) is 0 Å². The molecule has 0 aliphatic rings. The number of ether oxygens (including phenoxy) is 1. The van der Waals surface area contributed by atoms with Crippen LogP contribution < -0.4 is 10.1 Å². The highest BCUT2D eigenvalue weighted by molar-refractivity contribution is 7.85. The first-order chi connectivity index (χ1) is 7.92. The lowest BCUT2D eigenvalue weighted by atomic mass is 10.2. The van der Waals surface area contributed by atoms with Crippen LogP contribution in [0.25, 0.3) is 0 Å². The van der Waals surface area contributed by atoms with Crippen molar-refractivity contribution in [2.24, 2.45) is 0 Å². The Kier molecular flexibility index (Phi) is 4.77. The molecule has 0 aliphatic heterocycles. The molecule has 0 heterocycles. The zero-order chi connectivity index (χ0) is 12.9. The predicted molar refractivity (Wildman–Crippen MR) is 67.3 cm³/mol. The van der Waals surface area contributed by atoms with Crippen molar-refractivity contribution >= 4 is 15.8 Å². The Labute approximate surface area is 102 Å². The number of anilines is 1. The maximum absolute atomic E-state index is 10.5. The van der Waals surface area contributed by atoms with Gasteiger partial charge in [0.05, 0.1) is 18.6 Å². The molecule has 0 saturated carbocycles. The molecule has 0 radical (unpaired) electrons. The molecule has 2 N–H and O–H groups in total. The van der Waals surface area contributed by atoms with E-state index in [1.807, 2.05) is 25.1 Å². The van der Waals surface area contributed by atoms with E-state index in [0.717, 1.165) is 11.3 Å². The van der Waals surface area contributed by atoms with Crippen LogP contribution in [-0.2, 0) is 10.1 Å². The summed E-state index contributed by atoms with van der Waals surface area (Å²) in [6, 6.07) is 5.70. The van der Waals surface area contributed by atoms with E-state index < -0.39 is 10.1 Å². The van der Waals surface area contributed by atoms with Crippen LogP contribution in [0.5, 0.6) is 5.75 Å². The molecule has 0 fully saturated rings. The number of hydrogen-bond donors (Lipinski definition) is 2. The summed E-state index contributed by atoms with van der Waals surface area (Å²) in [4.78, 5) is 0. The summed E-state index contributed by atoms with van der Waals surface area (Å²) in [7, 11) is -2.30. The van der Waals surface area contributed by atoms with E-state index in [0.29, 0.717) is 18.7 Å². The van der Waals surface area contributed by atoms with Crippen LogP contribution in [0.15, 0.2) is 18.2 Å². The van der Waals surface area contributed by atoms with Crippen molar-refractivity contribution in [2.45, 2.75) is 13.3 Å². The Bertz CT molecular complexity index is 470. The second-order valence-electron chi connectivity index (χ2n) is 3.77. The average molecular weight is 259 g/mol. The highest BCUT2D eigenvalue weighted by Gasteiger charge is 2.05. The van der Waals surface area contributed by atoms with Crippen LogP contribution >= 0.6 is 0 Å². The Morgan fingerprint density at radius 2 is 2.12 bits per heavy atom. The molecule has 1 aromatic rings. The van der Waals surface area contributed by atoms with Crippen LogP contribution in [-0.4, -0.2) is 32.4 Å². The monoisotopic (exact) mass is 259 g/mol. The topological polar surface area (TPSA) is 75.6 Å². The van der Waals surface area contributed by atoms with Crippen LogP contribution in [0.3, 0.4) is 0 Å². The third-order valence-corrected chi connectivity index (χ3v) is 3.05. The van der Waals surface area contributed by atoms with Crippen molar-refractivity contribution in [3.8, 4) is 5.75 Å². The van der Waals surface area contributed by atoms with Crippen molar-refractivity contribution < 1.29 is 17.7 Å². The molecule has 5 nitrogen and oxygen atoms in total. The van der Waals surface area contributed by atoms with E-state index in [1.165, 1.54) is 0 Å². The standard InChI is InChI=1S/C11H17NO4S/c1-9-4-5-11(16-2)10(8-9)12-6-3-7-17(13,14)15/h4-5,8,12H,3,6-7H2,1-2H3,(H,13,14,15). The van der Waals surface area contributed by atoms with Crippen LogP contribution in [0.4, 0.5) is 5.69 Å². The summed E-state index contributed by atoms with van der Waals surface area (Å²) in [6.07, 6.45) is 0.343. The van der Waals surface area contributed by atoms with Gasteiger partial charge in [-0.2, -0.15) is 8.42 Å². The maximum atomic E-state index is 10.5. The largest absolute Gasteiger partial charge is 0.495 e. The zero-order valence-electron chi connectivity index (χ0n) is 9.93. The predicted octanol–water partition coefficient (Wildman–Crippen LogP) is 1.69. The summed E-state index contributed by atoms with van der Waals surface area (Å²) in [6.45, 7) is 2.42. The highest BCUT2D eigenvalue weighted by atomic mass is 32.2. The van der Waals surface area contributed by atoms with Crippen LogP contribution in [0.1, 0.15) is 12.0 Å². The lowest BCUT2D eigenvalue weighted by Crippen LogP contribution is -2.10. The summed E-state index contributed by atoms with van der Waals surface area (Å²) in [5.41, 5.74) is 1.91. The Balaban J connectivity index is 2.54. The minimum absolute atomic E-state index is 0.242. The third-order valence-electron chi connectivity index (χ3n) is 2.25. The molecule has 6 heteroatoms. The normalized spacial score (nSPS) is 11.2. The van der Waals surface area contributed by atoms with Gasteiger partial charge < -0.3 is 10.1 Å². The quantitative estimate of drug-likeness (QED) is 0.600. The Hall–Kier alpha value is -1.27. The molecule has 0 aliphatic carbocycles. The number of aryl methyl sites for hydroxylation is 1. The SMILES string of the molecule is COc1ccc(C)cc1NCCCS(=O)(=O)O. The fourth-order valence-electron chi connectivity index (χ4n) is 1.44. The molecule has 0 aromatic heterocycles. The zero-order valence-corrected chi connectivity index (χ0v) is 10.8. The van der Waals surface area contributed by atoms with E-state index in [9.17, 15) is 8.42 Å². The van der Waals surface area contributed by atoms with E-state index in [4.69, 9.17) is 9.29 Å². The van der Waals surface area contributed by atoms with Gasteiger partial charge in [-0.15, -0.1) is 0 Å². The van der Waals surface area contributed by atoms with Gasteiger partial charge in [-0.05, 0) is 31.0 Å². The van der Waals surface area contributed by atoms with Gasteiger partial charge in [-0.1, -0.05) is 6.07 Å². The van der Waals surface area contributed by atoms with Crippen LogP contribution in [0.2, 0.25) is 0 Å². The number of hydrogen-bond acceptors (Lipinski definition) is 4. The van der Waals surface area contributed by atoms with Crippen molar-refractivity contribution in [1.29, 1.82) is 0 Å². The van der Waals surface area contributed by atoms with Gasteiger partial charge in [0.1, 0.15) is 5.75 Å². The average Bonchev–Trinajstić information content (AvgIpc) is 2.23. The second-order valence-corrected chi connectivity index (χ2v) is 5.34. The smallest absolute Gasteiger partial charge is 0.264 e. The van der Waals surface area contributed by atoms with Gasteiger partial charge in [0, 0.05) is 6.54 Å². The lowest BCUT2D eigenvalue weighted by Gasteiger charge is -2.11. The fraction of sp³-hybridized carbons (Fsp3) is 0.455. The van der Waals surface area contributed by atoms with Gasteiger partial charge in [-0.25, -0.2) is 0 Å². The maximum Gasteiger partial charge on any atom is 0.264 e. The molecule has 0 bridgehead atoms. The fourth-order valence-corrected chi connectivity index (χ4v) is 1.95. The summed E-state index contributed by atoms with van der Waals surface area (Å²) >= 11 is 0. The first kappa shape index (κ1) is 13.8. The van der Waals surface area contributed by atoms with Crippen molar-refractivity contribution in [3.05, 3.63) is 23.8 Å². The van der Waals surface area contributed by atoms with Crippen molar-refractivity contribution in [1.82, 2.24) is 0 Å². The number of benzene rings is 1. The van der Waals surface area contributed by atoms with Gasteiger partial charge in [0.25, 0.3) is 10.1 Å². The first-order valence-corrected chi connectivity index (χ1v) is 6.87. The molecule has 0 saturated heterocycles. The minimum atomic E-state index is -3.87. The molecule has 0 spiro atoms. The van der Waals surface area contributed by atoms with Crippen LogP contribution in [0, 0.1) is 6.92 Å². The van der Waals surface area contributed by atoms with E-state index in [2.05, 4.69) is 5.32 Å². The summed E-state index contributed by atoms with van der Waals surface area (Å²) in [5.74, 6) is 0.469. The third kappa shape index (κ3) is 5.06. The van der Waals surface area contributed by atoms with E-state index in [1.54, 1.807) is 7.11 Å². The Morgan fingerprint density at radius 3 is 2.71 bits per heavy atom. The highest BCUT2D eigenvalue weighted by Crippen LogP contribution is 2.24. The van der Waals surface area contributed by atoms with Gasteiger partial charge in [-0.3, -0.25) is 4.55 Å². The second kappa shape index (κ2) is 5.88. The molecule has 1 aromatic carbocycles. The van der Waals surface area contributed by atoms with E-state index >= 15 is 0 Å². The number of rotatable bonds is 6. The lowest BCUT2D eigenvalue weighted by molar-refractivity contribution is 0.416. The van der Waals surface area contributed by atoms with Crippen molar-refractivity contribution in [2.75, 3.05) is 24.7 Å². The molecule has 1 rings (SSSR count).